The summed E-state index contributed by atoms with van der Waals surface area (Å²) in [4.78, 5) is 0. The SMILES string of the molecule is Cc1ccc(C(C)Nc2cc(Cl)ccc2Cl)cc1. The van der Waals surface area contributed by atoms with Crippen molar-refractivity contribution in [3.8, 4) is 0 Å². The van der Waals surface area contributed by atoms with Gasteiger partial charge in [-0.15, -0.1) is 0 Å². The molecule has 0 saturated heterocycles. The van der Waals surface area contributed by atoms with Gasteiger partial charge in [-0.1, -0.05) is 53.0 Å². The molecule has 0 radical (unpaired) electrons. The van der Waals surface area contributed by atoms with E-state index >= 15 is 0 Å². The first-order chi connectivity index (χ1) is 8.56. The van der Waals surface area contributed by atoms with Gasteiger partial charge in [0.2, 0.25) is 0 Å². The Morgan fingerprint density at radius 3 is 2.33 bits per heavy atom. The van der Waals surface area contributed by atoms with Gasteiger partial charge in [-0.3, -0.25) is 0 Å². The summed E-state index contributed by atoms with van der Waals surface area (Å²) in [6.45, 7) is 4.18. The fraction of sp³-hybridized carbons (Fsp3) is 0.200. The Labute approximate surface area is 118 Å². The molecular formula is C15H15Cl2N. The lowest BCUT2D eigenvalue weighted by Crippen LogP contribution is -2.06. The van der Waals surface area contributed by atoms with E-state index in [2.05, 4.69) is 43.4 Å². The van der Waals surface area contributed by atoms with Crippen molar-refractivity contribution in [2.24, 2.45) is 0 Å². The van der Waals surface area contributed by atoms with Crippen LogP contribution < -0.4 is 5.32 Å². The zero-order valence-electron chi connectivity index (χ0n) is 10.4. The second-order valence-electron chi connectivity index (χ2n) is 4.40. The van der Waals surface area contributed by atoms with Gasteiger partial charge in [-0.2, -0.15) is 0 Å². The average Bonchev–Trinajstić information content (AvgIpc) is 2.34. The Balaban J connectivity index is 2.18. The molecule has 94 valence electrons. The molecule has 2 aromatic carbocycles. The fourth-order valence-corrected chi connectivity index (χ4v) is 2.12. The van der Waals surface area contributed by atoms with Crippen LogP contribution in [0.2, 0.25) is 10.0 Å². The van der Waals surface area contributed by atoms with Crippen molar-refractivity contribution in [2.75, 3.05) is 5.32 Å². The lowest BCUT2D eigenvalue weighted by atomic mass is 10.1. The van der Waals surface area contributed by atoms with E-state index < -0.39 is 0 Å². The maximum absolute atomic E-state index is 6.13. The van der Waals surface area contributed by atoms with Crippen LogP contribution in [0.1, 0.15) is 24.1 Å². The Bertz CT molecular complexity index is 535. The van der Waals surface area contributed by atoms with E-state index in [1.54, 1.807) is 12.1 Å². The molecule has 0 aliphatic heterocycles. The summed E-state index contributed by atoms with van der Waals surface area (Å²) >= 11 is 12.1. The first-order valence-electron chi connectivity index (χ1n) is 5.84. The van der Waals surface area contributed by atoms with Crippen molar-refractivity contribution in [1.29, 1.82) is 0 Å². The van der Waals surface area contributed by atoms with Crippen molar-refractivity contribution in [2.45, 2.75) is 19.9 Å². The molecule has 0 aliphatic rings. The van der Waals surface area contributed by atoms with Crippen LogP contribution in [0.15, 0.2) is 42.5 Å². The van der Waals surface area contributed by atoms with Gasteiger partial charge >= 0.3 is 0 Å². The Kier molecular flexibility index (Phi) is 4.15. The summed E-state index contributed by atoms with van der Waals surface area (Å²) in [5.74, 6) is 0. The Hall–Kier alpha value is -1.18. The highest BCUT2D eigenvalue weighted by Crippen LogP contribution is 2.28. The van der Waals surface area contributed by atoms with E-state index in [-0.39, 0.29) is 6.04 Å². The molecule has 0 spiro atoms. The normalized spacial score (nSPS) is 12.2. The standard InChI is InChI=1S/C15H15Cl2N/c1-10-3-5-12(6-4-10)11(2)18-15-9-13(16)7-8-14(15)17/h3-9,11,18H,1-2H3. The van der Waals surface area contributed by atoms with Crippen LogP contribution in [0.5, 0.6) is 0 Å². The van der Waals surface area contributed by atoms with E-state index in [4.69, 9.17) is 23.2 Å². The molecule has 0 saturated carbocycles. The molecule has 3 heteroatoms. The number of hydrogen-bond donors (Lipinski definition) is 1. The summed E-state index contributed by atoms with van der Waals surface area (Å²) in [7, 11) is 0. The van der Waals surface area contributed by atoms with Gasteiger partial charge in [-0.05, 0) is 37.6 Å². The van der Waals surface area contributed by atoms with Crippen molar-refractivity contribution in [3.05, 3.63) is 63.6 Å². The van der Waals surface area contributed by atoms with Gasteiger partial charge in [0.1, 0.15) is 0 Å². The predicted octanol–water partition coefficient (Wildman–Crippen LogP) is 5.47. The van der Waals surface area contributed by atoms with Crippen molar-refractivity contribution in [1.82, 2.24) is 0 Å². The molecule has 18 heavy (non-hydrogen) atoms. The molecule has 1 atom stereocenters. The molecule has 0 fully saturated rings. The summed E-state index contributed by atoms with van der Waals surface area (Å²) in [6.07, 6.45) is 0. The Morgan fingerprint density at radius 2 is 1.67 bits per heavy atom. The van der Waals surface area contributed by atoms with E-state index in [9.17, 15) is 0 Å². The molecule has 1 nitrogen and oxygen atoms in total. The van der Waals surface area contributed by atoms with Gasteiger partial charge in [0.25, 0.3) is 0 Å². The van der Waals surface area contributed by atoms with Gasteiger partial charge in [-0.25, -0.2) is 0 Å². The summed E-state index contributed by atoms with van der Waals surface area (Å²) < 4.78 is 0. The lowest BCUT2D eigenvalue weighted by Gasteiger charge is -2.17. The second kappa shape index (κ2) is 5.64. The topological polar surface area (TPSA) is 12.0 Å². The first kappa shape index (κ1) is 13.3. The van der Waals surface area contributed by atoms with E-state index in [1.165, 1.54) is 11.1 Å². The molecule has 0 amide bonds. The predicted molar refractivity (Wildman–Crippen MR) is 79.7 cm³/mol. The first-order valence-corrected chi connectivity index (χ1v) is 6.60. The third-order valence-corrected chi connectivity index (χ3v) is 3.44. The van der Waals surface area contributed by atoms with Gasteiger partial charge in [0.05, 0.1) is 10.7 Å². The summed E-state index contributed by atoms with van der Waals surface area (Å²) in [5.41, 5.74) is 3.33. The minimum Gasteiger partial charge on any atom is -0.377 e. The number of nitrogens with one attached hydrogen (secondary N) is 1. The third kappa shape index (κ3) is 3.18. The van der Waals surface area contributed by atoms with Crippen LogP contribution in [-0.4, -0.2) is 0 Å². The molecule has 2 aromatic rings. The van der Waals surface area contributed by atoms with Crippen LogP contribution in [0, 0.1) is 6.92 Å². The molecule has 1 unspecified atom stereocenters. The quantitative estimate of drug-likeness (QED) is 0.785. The van der Waals surface area contributed by atoms with Crippen LogP contribution in [-0.2, 0) is 0 Å². The van der Waals surface area contributed by atoms with Crippen LogP contribution in [0.4, 0.5) is 5.69 Å². The lowest BCUT2D eigenvalue weighted by molar-refractivity contribution is 0.884. The molecule has 0 aromatic heterocycles. The molecule has 0 heterocycles. The van der Waals surface area contributed by atoms with Crippen molar-refractivity contribution < 1.29 is 0 Å². The van der Waals surface area contributed by atoms with Crippen molar-refractivity contribution in [3.63, 3.8) is 0 Å². The number of anilines is 1. The van der Waals surface area contributed by atoms with Crippen LogP contribution in [0.3, 0.4) is 0 Å². The smallest absolute Gasteiger partial charge is 0.0638 e. The maximum Gasteiger partial charge on any atom is 0.0638 e. The number of hydrogen-bond acceptors (Lipinski definition) is 1. The van der Waals surface area contributed by atoms with Crippen LogP contribution >= 0.6 is 23.2 Å². The highest BCUT2D eigenvalue weighted by molar-refractivity contribution is 6.35. The van der Waals surface area contributed by atoms with E-state index in [1.807, 2.05) is 6.07 Å². The molecule has 0 bridgehead atoms. The zero-order chi connectivity index (χ0) is 13.1. The molecular weight excluding hydrogens is 265 g/mol. The zero-order valence-corrected chi connectivity index (χ0v) is 11.9. The average molecular weight is 280 g/mol. The Morgan fingerprint density at radius 1 is 1.00 bits per heavy atom. The molecule has 0 aliphatic carbocycles. The van der Waals surface area contributed by atoms with Gasteiger partial charge in [0, 0.05) is 11.1 Å². The van der Waals surface area contributed by atoms with E-state index in [0.29, 0.717) is 10.0 Å². The summed E-state index contributed by atoms with van der Waals surface area (Å²) in [6, 6.07) is 14.0. The number of benzene rings is 2. The van der Waals surface area contributed by atoms with Gasteiger partial charge in [0.15, 0.2) is 0 Å². The van der Waals surface area contributed by atoms with Crippen molar-refractivity contribution >= 4 is 28.9 Å². The number of aryl methyl sites for hydroxylation is 1. The largest absolute Gasteiger partial charge is 0.377 e. The molecule has 1 N–H and O–H groups in total. The highest BCUT2D eigenvalue weighted by atomic mass is 35.5. The van der Waals surface area contributed by atoms with Crippen LogP contribution in [0.25, 0.3) is 0 Å². The van der Waals surface area contributed by atoms with Gasteiger partial charge < -0.3 is 5.32 Å². The third-order valence-electron chi connectivity index (χ3n) is 2.88. The number of rotatable bonds is 3. The maximum atomic E-state index is 6.13. The minimum atomic E-state index is 0.182. The minimum absolute atomic E-state index is 0.182. The molecule has 2 rings (SSSR count). The second-order valence-corrected chi connectivity index (χ2v) is 5.24. The highest BCUT2D eigenvalue weighted by Gasteiger charge is 2.07. The number of halogens is 2. The fourth-order valence-electron chi connectivity index (χ4n) is 1.78. The van der Waals surface area contributed by atoms with E-state index in [0.717, 1.165) is 5.69 Å². The summed E-state index contributed by atoms with van der Waals surface area (Å²) in [5, 5.41) is 4.73. The monoisotopic (exact) mass is 279 g/mol.